The Morgan fingerprint density at radius 1 is 1.00 bits per heavy atom. The Morgan fingerprint density at radius 3 is 2.21 bits per heavy atom. The first-order valence-corrected chi connectivity index (χ1v) is 7.16. The molecule has 0 bridgehead atoms. The van der Waals surface area contributed by atoms with Crippen LogP contribution in [0.5, 0.6) is 5.75 Å². The predicted octanol–water partition coefficient (Wildman–Crippen LogP) is 2.62. The van der Waals surface area contributed by atoms with E-state index in [1.54, 1.807) is 30.3 Å². The number of nitrogens with zero attached hydrogens (tertiary/aromatic N) is 1. The lowest BCUT2D eigenvalue weighted by Crippen LogP contribution is -2.32. The molecule has 0 fully saturated rings. The van der Waals surface area contributed by atoms with Gasteiger partial charge in [-0.1, -0.05) is 42.0 Å². The van der Waals surface area contributed by atoms with E-state index in [0.29, 0.717) is 5.06 Å². The molecule has 120 valence electrons. The smallest absolute Gasteiger partial charge is 0.367 e. The van der Waals surface area contributed by atoms with Crippen LogP contribution < -0.4 is 4.74 Å². The van der Waals surface area contributed by atoms with Crippen molar-refractivity contribution in [3.05, 3.63) is 77.9 Å². The van der Waals surface area contributed by atoms with Crippen molar-refractivity contribution in [3.63, 3.8) is 0 Å². The molecule has 2 amide bonds. The van der Waals surface area contributed by atoms with Crippen molar-refractivity contribution in [3.8, 4) is 5.75 Å². The number of para-hydroxylation sites is 1. The van der Waals surface area contributed by atoms with Crippen LogP contribution in [0.2, 0.25) is 0 Å². The lowest BCUT2D eigenvalue weighted by molar-refractivity contribution is -0.0586. The van der Waals surface area contributed by atoms with Crippen molar-refractivity contribution < 1.29 is 24.0 Å². The molecule has 3 rings (SSSR count). The van der Waals surface area contributed by atoms with Crippen LogP contribution in [0.4, 0.5) is 0 Å². The number of carbonyl (C=O) groups excluding carboxylic acids is 3. The Bertz CT molecular complexity index is 808. The van der Waals surface area contributed by atoms with Gasteiger partial charge in [-0.2, -0.15) is 0 Å². The van der Waals surface area contributed by atoms with Gasteiger partial charge in [0.1, 0.15) is 17.9 Å². The number of hydroxylamine groups is 2. The molecule has 0 saturated heterocycles. The van der Waals surface area contributed by atoms with E-state index in [2.05, 4.69) is 6.58 Å². The number of carbonyl (C=O) groups is 3. The Morgan fingerprint density at radius 2 is 1.58 bits per heavy atom. The number of benzene rings is 2. The molecule has 0 aliphatic carbocycles. The van der Waals surface area contributed by atoms with Gasteiger partial charge in [-0.3, -0.25) is 9.59 Å². The first-order chi connectivity index (χ1) is 11.6. The third kappa shape index (κ3) is 2.65. The number of rotatable bonds is 5. The minimum absolute atomic E-state index is 0.107. The number of ether oxygens (including phenoxy) is 1. The van der Waals surface area contributed by atoms with E-state index in [-0.39, 0.29) is 29.0 Å². The molecule has 2 aromatic carbocycles. The highest BCUT2D eigenvalue weighted by molar-refractivity contribution is 6.21. The van der Waals surface area contributed by atoms with E-state index in [0.717, 1.165) is 0 Å². The summed E-state index contributed by atoms with van der Waals surface area (Å²) in [5.74, 6) is -1.93. The van der Waals surface area contributed by atoms with E-state index >= 15 is 0 Å². The summed E-state index contributed by atoms with van der Waals surface area (Å²) in [6.07, 6.45) is 1.53. The van der Waals surface area contributed by atoms with Crippen molar-refractivity contribution >= 4 is 17.8 Å². The highest BCUT2D eigenvalue weighted by atomic mass is 16.7. The van der Waals surface area contributed by atoms with Crippen LogP contribution in [0.3, 0.4) is 0 Å². The maximum absolute atomic E-state index is 12.4. The number of hydrogen-bond donors (Lipinski definition) is 0. The summed E-state index contributed by atoms with van der Waals surface area (Å²) < 4.78 is 5.38. The first-order valence-electron chi connectivity index (χ1n) is 7.16. The number of amides is 2. The zero-order valence-electron chi connectivity index (χ0n) is 12.6. The maximum Gasteiger partial charge on any atom is 0.367 e. The van der Waals surface area contributed by atoms with Crippen molar-refractivity contribution in [2.24, 2.45) is 0 Å². The van der Waals surface area contributed by atoms with E-state index < -0.39 is 17.8 Å². The van der Waals surface area contributed by atoms with Crippen LogP contribution in [-0.2, 0) is 4.84 Å². The molecule has 0 aromatic heterocycles. The summed E-state index contributed by atoms with van der Waals surface area (Å²) in [5.41, 5.74) is 0.508. The number of hydrogen-bond acceptors (Lipinski definition) is 5. The van der Waals surface area contributed by atoms with Crippen molar-refractivity contribution in [2.45, 2.75) is 0 Å². The summed E-state index contributed by atoms with van der Waals surface area (Å²) in [7, 11) is 0. The van der Waals surface area contributed by atoms with Crippen molar-refractivity contribution in [1.29, 1.82) is 0 Å². The van der Waals surface area contributed by atoms with Gasteiger partial charge in [-0.15, -0.1) is 0 Å². The topological polar surface area (TPSA) is 72.9 Å². The summed E-state index contributed by atoms with van der Waals surface area (Å²) in [4.78, 5) is 41.8. The Kier molecular flexibility index (Phi) is 4.11. The van der Waals surface area contributed by atoms with Gasteiger partial charge in [0.25, 0.3) is 11.8 Å². The number of imide groups is 1. The summed E-state index contributed by atoms with van der Waals surface area (Å²) in [6.45, 7) is 3.74. The second-order valence-corrected chi connectivity index (χ2v) is 4.92. The van der Waals surface area contributed by atoms with E-state index in [4.69, 9.17) is 9.57 Å². The van der Waals surface area contributed by atoms with Crippen molar-refractivity contribution in [1.82, 2.24) is 5.06 Å². The lowest BCUT2D eigenvalue weighted by Gasteiger charge is -2.14. The Balaban J connectivity index is 1.83. The van der Waals surface area contributed by atoms with Crippen LogP contribution in [0.1, 0.15) is 31.1 Å². The van der Waals surface area contributed by atoms with Gasteiger partial charge in [0.2, 0.25) is 0 Å². The minimum atomic E-state index is -0.857. The highest BCUT2D eigenvalue weighted by Crippen LogP contribution is 2.25. The molecule has 6 heteroatoms. The fraction of sp³-hybridized carbons (Fsp3) is 0.0556. The van der Waals surface area contributed by atoms with Gasteiger partial charge in [0.05, 0.1) is 11.1 Å². The Hall–Kier alpha value is -3.41. The first kappa shape index (κ1) is 15.5. The standard InChI is InChI=1S/C18H13NO5/c1-2-11-23-15-10-6-5-9-14(15)18(22)24-19-16(20)12-7-3-4-8-13(12)17(19)21/h2-10H,1,11H2. The van der Waals surface area contributed by atoms with Gasteiger partial charge < -0.3 is 9.57 Å². The molecular weight excluding hydrogens is 310 g/mol. The average Bonchev–Trinajstić information content (AvgIpc) is 2.85. The minimum Gasteiger partial charge on any atom is -0.489 e. The van der Waals surface area contributed by atoms with Gasteiger partial charge in [-0.05, 0) is 24.3 Å². The molecule has 1 aliphatic rings. The SMILES string of the molecule is C=CCOc1ccccc1C(=O)ON1C(=O)c2ccccc2C1=O. The van der Waals surface area contributed by atoms with Crippen LogP contribution in [0.25, 0.3) is 0 Å². The molecule has 0 atom stereocenters. The fourth-order valence-electron chi connectivity index (χ4n) is 2.29. The molecular formula is C18H13NO5. The molecule has 0 spiro atoms. The van der Waals surface area contributed by atoms with Crippen LogP contribution in [0.15, 0.2) is 61.2 Å². The molecule has 1 heterocycles. The summed E-state index contributed by atoms with van der Waals surface area (Å²) >= 11 is 0. The van der Waals surface area contributed by atoms with Gasteiger partial charge in [-0.25, -0.2) is 4.79 Å². The number of fused-ring (bicyclic) bond motifs is 1. The molecule has 0 unspecified atom stereocenters. The second kappa shape index (κ2) is 6.37. The Labute approximate surface area is 137 Å². The fourth-order valence-corrected chi connectivity index (χ4v) is 2.29. The summed E-state index contributed by atoms with van der Waals surface area (Å²) in [6, 6.07) is 12.7. The third-order valence-corrected chi connectivity index (χ3v) is 3.39. The molecule has 2 aromatic rings. The van der Waals surface area contributed by atoms with Crippen molar-refractivity contribution in [2.75, 3.05) is 6.61 Å². The molecule has 24 heavy (non-hydrogen) atoms. The predicted molar refractivity (Wildman–Crippen MR) is 84.5 cm³/mol. The molecule has 0 saturated carbocycles. The van der Waals surface area contributed by atoms with Gasteiger partial charge in [0.15, 0.2) is 0 Å². The zero-order chi connectivity index (χ0) is 17.1. The second-order valence-electron chi connectivity index (χ2n) is 4.92. The average molecular weight is 323 g/mol. The van der Waals surface area contributed by atoms with E-state index in [1.165, 1.54) is 24.3 Å². The van der Waals surface area contributed by atoms with Gasteiger partial charge >= 0.3 is 5.97 Å². The molecule has 6 nitrogen and oxygen atoms in total. The molecule has 1 aliphatic heterocycles. The summed E-state index contributed by atoms with van der Waals surface area (Å²) in [5, 5.41) is 0.470. The van der Waals surface area contributed by atoms with Gasteiger partial charge in [0, 0.05) is 0 Å². The maximum atomic E-state index is 12.4. The monoisotopic (exact) mass is 323 g/mol. The third-order valence-electron chi connectivity index (χ3n) is 3.39. The van der Waals surface area contributed by atoms with Crippen LogP contribution in [-0.4, -0.2) is 29.5 Å². The molecule has 0 N–H and O–H groups in total. The largest absolute Gasteiger partial charge is 0.489 e. The highest BCUT2D eigenvalue weighted by Gasteiger charge is 2.39. The van der Waals surface area contributed by atoms with Crippen LogP contribution >= 0.6 is 0 Å². The van der Waals surface area contributed by atoms with Crippen LogP contribution in [0, 0.1) is 0 Å². The molecule has 0 radical (unpaired) electrons. The van der Waals surface area contributed by atoms with E-state index in [9.17, 15) is 14.4 Å². The lowest BCUT2D eigenvalue weighted by atomic mass is 10.1. The quantitative estimate of drug-likeness (QED) is 0.625. The normalized spacial score (nSPS) is 12.8. The zero-order valence-corrected chi connectivity index (χ0v) is 12.6. The van der Waals surface area contributed by atoms with E-state index in [1.807, 2.05) is 0 Å².